The predicted molar refractivity (Wildman–Crippen MR) is 80.6 cm³/mol. The van der Waals surface area contributed by atoms with Crippen LogP contribution in [0.3, 0.4) is 0 Å². The molecule has 0 aliphatic carbocycles. The lowest BCUT2D eigenvalue weighted by Gasteiger charge is -2.30. The van der Waals surface area contributed by atoms with E-state index in [9.17, 15) is 9.59 Å². The van der Waals surface area contributed by atoms with E-state index in [1.54, 1.807) is 16.5 Å². The molecule has 1 aliphatic rings. The second kappa shape index (κ2) is 5.69. The van der Waals surface area contributed by atoms with Crippen molar-refractivity contribution in [2.45, 2.75) is 12.8 Å². The molecule has 1 atom stereocenters. The van der Waals surface area contributed by atoms with Crippen LogP contribution in [-0.2, 0) is 4.79 Å². The van der Waals surface area contributed by atoms with Crippen molar-refractivity contribution in [1.29, 1.82) is 0 Å². The van der Waals surface area contributed by atoms with E-state index in [-0.39, 0.29) is 12.6 Å². The van der Waals surface area contributed by atoms with Gasteiger partial charge in [-0.2, -0.15) is 0 Å². The van der Waals surface area contributed by atoms with Gasteiger partial charge in [-0.15, -0.1) is 11.3 Å². The van der Waals surface area contributed by atoms with Gasteiger partial charge in [0.2, 0.25) is 0 Å². The maximum Gasteiger partial charge on any atom is 0.321 e. The number of fused-ring (bicyclic) bond motifs is 1. The lowest BCUT2D eigenvalue weighted by atomic mass is 9.99. The van der Waals surface area contributed by atoms with E-state index in [2.05, 4.69) is 10.3 Å². The van der Waals surface area contributed by atoms with Crippen LogP contribution in [0.1, 0.15) is 12.8 Å². The highest BCUT2D eigenvalue weighted by atomic mass is 32.1. The third kappa shape index (κ3) is 2.97. The van der Waals surface area contributed by atoms with Crippen molar-refractivity contribution in [3.05, 3.63) is 23.7 Å². The van der Waals surface area contributed by atoms with Crippen molar-refractivity contribution in [2.75, 3.05) is 18.4 Å². The first kappa shape index (κ1) is 13.8. The molecule has 110 valence electrons. The van der Waals surface area contributed by atoms with Crippen molar-refractivity contribution >= 4 is 39.2 Å². The Bertz CT molecular complexity index is 685. The fourth-order valence-electron chi connectivity index (χ4n) is 2.50. The Kier molecular flexibility index (Phi) is 3.74. The number of carbonyl (C=O) groups excluding carboxylic acids is 1. The van der Waals surface area contributed by atoms with Crippen molar-refractivity contribution in [3.8, 4) is 0 Å². The van der Waals surface area contributed by atoms with E-state index in [4.69, 9.17) is 5.11 Å². The Morgan fingerprint density at radius 1 is 1.43 bits per heavy atom. The molecule has 1 fully saturated rings. The first-order valence-corrected chi connectivity index (χ1v) is 7.63. The Balaban J connectivity index is 1.69. The molecule has 1 aromatic heterocycles. The number of aliphatic carboxylic acids is 1. The molecule has 3 rings (SSSR count). The largest absolute Gasteiger partial charge is 0.481 e. The molecule has 2 N–H and O–H groups in total. The molecule has 7 heteroatoms. The highest BCUT2D eigenvalue weighted by molar-refractivity contribution is 7.16. The summed E-state index contributed by atoms with van der Waals surface area (Å²) in [5.41, 5.74) is 3.37. The minimum atomic E-state index is -0.835. The minimum absolute atomic E-state index is 0.246. The van der Waals surface area contributed by atoms with Gasteiger partial charge in [0.15, 0.2) is 0 Å². The summed E-state index contributed by atoms with van der Waals surface area (Å²) in [5, 5.41) is 11.9. The number of hydrogen-bond donors (Lipinski definition) is 2. The van der Waals surface area contributed by atoms with E-state index in [0.29, 0.717) is 18.7 Å². The summed E-state index contributed by atoms with van der Waals surface area (Å²) >= 11 is 1.51. The summed E-state index contributed by atoms with van der Waals surface area (Å²) in [7, 11) is 0. The van der Waals surface area contributed by atoms with Crippen LogP contribution in [0.4, 0.5) is 10.5 Å². The van der Waals surface area contributed by atoms with Crippen LogP contribution in [0.2, 0.25) is 0 Å². The number of thiazole rings is 1. The van der Waals surface area contributed by atoms with Crippen LogP contribution in [0.5, 0.6) is 0 Å². The first-order chi connectivity index (χ1) is 10.1. The molecule has 2 amide bonds. The van der Waals surface area contributed by atoms with Crippen molar-refractivity contribution < 1.29 is 14.7 Å². The Hall–Kier alpha value is -2.15. The lowest BCUT2D eigenvalue weighted by molar-refractivity contribution is -0.143. The van der Waals surface area contributed by atoms with Gasteiger partial charge in [0.1, 0.15) is 0 Å². The average Bonchev–Trinajstić information content (AvgIpc) is 2.95. The van der Waals surface area contributed by atoms with Gasteiger partial charge in [-0.05, 0) is 31.0 Å². The SMILES string of the molecule is O=C(O)[C@H]1CCCN(C(=O)Nc2ccc3ncsc3c2)C1. The third-order valence-corrected chi connectivity index (χ3v) is 4.43. The van der Waals surface area contributed by atoms with Gasteiger partial charge >= 0.3 is 12.0 Å². The molecule has 1 aliphatic heterocycles. The fourth-order valence-corrected chi connectivity index (χ4v) is 3.21. The molecular formula is C14H15N3O3S. The highest BCUT2D eigenvalue weighted by Crippen LogP contribution is 2.23. The molecule has 1 aromatic carbocycles. The van der Waals surface area contributed by atoms with E-state index in [1.165, 1.54) is 11.3 Å². The maximum atomic E-state index is 12.2. The zero-order valence-corrected chi connectivity index (χ0v) is 12.1. The summed E-state index contributed by atoms with van der Waals surface area (Å²) in [5.74, 6) is -1.30. The predicted octanol–water partition coefficient (Wildman–Crippen LogP) is 2.62. The number of carbonyl (C=O) groups is 2. The van der Waals surface area contributed by atoms with Crippen LogP contribution in [0, 0.1) is 5.92 Å². The number of benzene rings is 1. The normalized spacial score (nSPS) is 18.7. The number of rotatable bonds is 2. The van der Waals surface area contributed by atoms with Gasteiger partial charge in [0.05, 0.1) is 21.6 Å². The molecule has 0 unspecified atom stereocenters. The average molecular weight is 305 g/mol. The Morgan fingerprint density at radius 2 is 2.29 bits per heavy atom. The minimum Gasteiger partial charge on any atom is -0.481 e. The molecule has 0 saturated carbocycles. The van der Waals surface area contributed by atoms with Gasteiger partial charge in [-0.25, -0.2) is 9.78 Å². The molecule has 2 aromatic rings. The summed E-state index contributed by atoms with van der Waals surface area (Å²) in [6.45, 7) is 0.863. The van der Waals surface area contributed by atoms with Crippen molar-refractivity contribution in [1.82, 2.24) is 9.88 Å². The molecule has 2 heterocycles. The number of carboxylic acid groups (broad SMARTS) is 1. The number of nitrogens with one attached hydrogen (secondary N) is 1. The van der Waals surface area contributed by atoms with Crippen LogP contribution >= 0.6 is 11.3 Å². The second-order valence-corrected chi connectivity index (χ2v) is 5.97. The van der Waals surface area contributed by atoms with E-state index >= 15 is 0 Å². The standard InChI is InChI=1S/C14H15N3O3S/c18-13(19)9-2-1-5-17(7-9)14(20)16-10-3-4-11-12(6-10)21-8-15-11/h3-4,6,8-9H,1-2,5,7H2,(H,16,20)(H,18,19)/t9-/m0/s1. The van der Waals surface area contributed by atoms with E-state index in [0.717, 1.165) is 16.6 Å². The smallest absolute Gasteiger partial charge is 0.321 e. The number of anilines is 1. The van der Waals surface area contributed by atoms with Crippen molar-refractivity contribution in [3.63, 3.8) is 0 Å². The van der Waals surface area contributed by atoms with Gasteiger partial charge in [-0.1, -0.05) is 0 Å². The molecule has 0 bridgehead atoms. The van der Waals surface area contributed by atoms with Gasteiger partial charge in [0.25, 0.3) is 0 Å². The monoisotopic (exact) mass is 305 g/mol. The molecule has 0 spiro atoms. The lowest BCUT2D eigenvalue weighted by Crippen LogP contribution is -2.44. The quantitative estimate of drug-likeness (QED) is 0.893. The number of carboxylic acids is 1. The summed E-state index contributed by atoms with van der Waals surface area (Å²) in [6, 6.07) is 5.30. The number of amides is 2. The Labute approximate surface area is 125 Å². The molecular weight excluding hydrogens is 290 g/mol. The number of likely N-dealkylation sites (tertiary alicyclic amines) is 1. The molecule has 6 nitrogen and oxygen atoms in total. The molecule has 21 heavy (non-hydrogen) atoms. The number of hydrogen-bond acceptors (Lipinski definition) is 4. The zero-order chi connectivity index (χ0) is 14.8. The summed E-state index contributed by atoms with van der Waals surface area (Å²) in [4.78, 5) is 29.0. The number of piperidine rings is 1. The number of aromatic nitrogens is 1. The van der Waals surface area contributed by atoms with Gasteiger partial charge in [0, 0.05) is 18.8 Å². The summed E-state index contributed by atoms with van der Waals surface area (Å²) < 4.78 is 1.01. The molecule has 0 radical (unpaired) electrons. The van der Waals surface area contributed by atoms with Gasteiger partial charge in [-0.3, -0.25) is 4.79 Å². The zero-order valence-electron chi connectivity index (χ0n) is 11.3. The highest BCUT2D eigenvalue weighted by Gasteiger charge is 2.28. The summed E-state index contributed by atoms with van der Waals surface area (Å²) in [6.07, 6.45) is 1.35. The van der Waals surface area contributed by atoms with Crippen LogP contribution in [-0.4, -0.2) is 40.1 Å². The second-order valence-electron chi connectivity index (χ2n) is 5.09. The fraction of sp³-hybridized carbons (Fsp3) is 0.357. The first-order valence-electron chi connectivity index (χ1n) is 6.75. The topological polar surface area (TPSA) is 82.5 Å². The van der Waals surface area contributed by atoms with Crippen LogP contribution in [0.25, 0.3) is 10.2 Å². The maximum absolute atomic E-state index is 12.2. The van der Waals surface area contributed by atoms with E-state index in [1.807, 2.05) is 12.1 Å². The third-order valence-electron chi connectivity index (χ3n) is 3.64. The number of urea groups is 1. The number of nitrogens with zero attached hydrogens (tertiary/aromatic N) is 2. The van der Waals surface area contributed by atoms with Crippen LogP contribution < -0.4 is 5.32 Å². The van der Waals surface area contributed by atoms with Crippen LogP contribution in [0.15, 0.2) is 23.7 Å². The molecule has 1 saturated heterocycles. The van der Waals surface area contributed by atoms with Crippen molar-refractivity contribution in [2.24, 2.45) is 5.92 Å². The van der Waals surface area contributed by atoms with Gasteiger partial charge < -0.3 is 15.3 Å². The Morgan fingerprint density at radius 3 is 3.10 bits per heavy atom. The van der Waals surface area contributed by atoms with E-state index < -0.39 is 11.9 Å².